The van der Waals surface area contributed by atoms with E-state index in [4.69, 9.17) is 5.11 Å². The second-order valence-electron chi connectivity index (χ2n) is 3.48. The number of carboxylic acids is 1. The van der Waals surface area contributed by atoms with Gasteiger partial charge in [0.25, 0.3) is 0 Å². The lowest BCUT2D eigenvalue weighted by Gasteiger charge is -1.99. The van der Waals surface area contributed by atoms with Gasteiger partial charge in [-0.2, -0.15) is 9.61 Å². The summed E-state index contributed by atoms with van der Waals surface area (Å²) in [6, 6.07) is 3.48. The van der Waals surface area contributed by atoms with Crippen molar-refractivity contribution in [1.82, 2.24) is 24.8 Å². The summed E-state index contributed by atoms with van der Waals surface area (Å²) in [6.07, 6.45) is 1.68. The molecule has 0 saturated carbocycles. The number of aliphatic carboxylic acids is 1. The maximum Gasteiger partial charge on any atom is 0.313 e. The molecule has 3 aromatic heterocycles. The van der Waals surface area contributed by atoms with Crippen molar-refractivity contribution < 1.29 is 9.90 Å². The van der Waals surface area contributed by atoms with Crippen LogP contribution in [0.25, 0.3) is 16.5 Å². The summed E-state index contributed by atoms with van der Waals surface area (Å²) in [5.41, 5.74) is 0.602. The minimum Gasteiger partial charge on any atom is -0.481 e. The molecule has 3 rings (SSSR count). The van der Waals surface area contributed by atoms with Crippen molar-refractivity contribution in [2.45, 2.75) is 5.03 Å². The summed E-state index contributed by atoms with van der Waals surface area (Å²) in [5, 5.41) is 24.2. The molecular formula is C10H7N5O2S2. The molecule has 96 valence electrons. The van der Waals surface area contributed by atoms with Gasteiger partial charge >= 0.3 is 5.97 Å². The van der Waals surface area contributed by atoms with Crippen molar-refractivity contribution in [2.75, 3.05) is 5.75 Å². The van der Waals surface area contributed by atoms with E-state index in [0.717, 1.165) is 16.8 Å². The third kappa shape index (κ3) is 2.42. The molecule has 0 radical (unpaired) electrons. The van der Waals surface area contributed by atoms with Crippen molar-refractivity contribution in [3.8, 4) is 10.8 Å². The lowest BCUT2D eigenvalue weighted by Crippen LogP contribution is -2.00. The third-order valence-electron chi connectivity index (χ3n) is 2.21. The van der Waals surface area contributed by atoms with Gasteiger partial charge < -0.3 is 5.11 Å². The molecule has 1 N–H and O–H groups in total. The van der Waals surface area contributed by atoms with Gasteiger partial charge in [-0.1, -0.05) is 11.8 Å². The number of hydrogen-bond donors (Lipinski definition) is 1. The Hall–Kier alpha value is -2.00. The molecule has 3 heterocycles. The zero-order valence-corrected chi connectivity index (χ0v) is 11.1. The Kier molecular flexibility index (Phi) is 3.13. The molecule has 0 aliphatic rings. The average Bonchev–Trinajstić information content (AvgIpc) is 3.04. The van der Waals surface area contributed by atoms with E-state index in [9.17, 15) is 4.79 Å². The van der Waals surface area contributed by atoms with Gasteiger partial charge in [0.2, 0.25) is 5.82 Å². The molecule has 0 fully saturated rings. The topological polar surface area (TPSA) is 93.3 Å². The maximum absolute atomic E-state index is 10.6. The Labute approximate surface area is 115 Å². The van der Waals surface area contributed by atoms with E-state index in [1.165, 1.54) is 11.3 Å². The normalized spacial score (nSPS) is 10.9. The predicted octanol–water partition coefficient (Wildman–Crippen LogP) is 1.42. The van der Waals surface area contributed by atoms with Crippen LogP contribution in [0.5, 0.6) is 0 Å². The first-order chi connectivity index (χ1) is 9.24. The zero-order chi connectivity index (χ0) is 13.2. The molecule has 0 unspecified atom stereocenters. The summed E-state index contributed by atoms with van der Waals surface area (Å²) in [4.78, 5) is 14.7. The molecule has 0 aliphatic heterocycles. The van der Waals surface area contributed by atoms with E-state index in [1.54, 1.807) is 22.8 Å². The molecule has 0 atom stereocenters. The first-order valence-corrected chi connectivity index (χ1v) is 7.07. The molecule has 0 aliphatic carbocycles. The van der Waals surface area contributed by atoms with Crippen molar-refractivity contribution >= 4 is 34.7 Å². The summed E-state index contributed by atoms with van der Waals surface area (Å²) >= 11 is 2.59. The highest BCUT2D eigenvalue weighted by molar-refractivity contribution is 7.99. The second kappa shape index (κ2) is 4.94. The maximum atomic E-state index is 10.6. The van der Waals surface area contributed by atoms with E-state index in [1.807, 2.05) is 5.38 Å². The number of fused-ring (bicyclic) bond motifs is 1. The SMILES string of the molecule is O=C(O)CSc1ccc2nnc(-c3nccs3)n2n1. The predicted molar refractivity (Wildman–Crippen MR) is 70.2 cm³/mol. The van der Waals surface area contributed by atoms with E-state index in [2.05, 4.69) is 20.3 Å². The van der Waals surface area contributed by atoms with Crippen LogP contribution in [0.1, 0.15) is 0 Å². The molecule has 0 saturated heterocycles. The summed E-state index contributed by atoms with van der Waals surface area (Å²) in [6.45, 7) is 0. The van der Waals surface area contributed by atoms with Crippen molar-refractivity contribution in [2.24, 2.45) is 0 Å². The van der Waals surface area contributed by atoms with Gasteiger partial charge in [-0.3, -0.25) is 4.79 Å². The fourth-order valence-corrected chi connectivity index (χ4v) is 2.63. The van der Waals surface area contributed by atoms with Crippen molar-refractivity contribution in [3.05, 3.63) is 23.7 Å². The first kappa shape index (κ1) is 12.1. The Morgan fingerprint density at radius 3 is 3.05 bits per heavy atom. The standard InChI is InChI=1S/C10H7N5O2S2/c16-8(17)5-19-7-2-1-6-12-13-9(15(6)14-7)10-11-3-4-18-10/h1-4H,5H2,(H,16,17). The summed E-state index contributed by atoms with van der Waals surface area (Å²) < 4.78 is 1.57. The number of nitrogens with zero attached hydrogens (tertiary/aromatic N) is 5. The van der Waals surface area contributed by atoms with Crippen molar-refractivity contribution in [3.63, 3.8) is 0 Å². The molecule has 3 aromatic rings. The van der Waals surface area contributed by atoms with E-state index < -0.39 is 5.97 Å². The van der Waals surface area contributed by atoms with Crippen LogP contribution in [0, 0.1) is 0 Å². The Balaban J connectivity index is 2.01. The highest BCUT2D eigenvalue weighted by Gasteiger charge is 2.12. The average molecular weight is 293 g/mol. The minimum atomic E-state index is -0.879. The summed E-state index contributed by atoms with van der Waals surface area (Å²) in [7, 11) is 0. The lowest BCUT2D eigenvalue weighted by molar-refractivity contribution is -0.133. The fraction of sp³-hybridized carbons (Fsp3) is 0.100. The number of thioether (sulfide) groups is 1. The van der Waals surface area contributed by atoms with Crippen LogP contribution in [-0.4, -0.2) is 41.6 Å². The number of hydrogen-bond acceptors (Lipinski definition) is 7. The summed E-state index contributed by atoms with van der Waals surface area (Å²) in [5.74, 6) is -0.355. The molecule has 7 nitrogen and oxygen atoms in total. The Bertz CT molecular complexity index is 725. The van der Waals surface area contributed by atoms with Crippen molar-refractivity contribution in [1.29, 1.82) is 0 Å². The smallest absolute Gasteiger partial charge is 0.313 e. The van der Waals surface area contributed by atoms with Gasteiger partial charge in [0.15, 0.2) is 10.7 Å². The van der Waals surface area contributed by atoms with Gasteiger partial charge in [-0.05, 0) is 12.1 Å². The van der Waals surface area contributed by atoms with Gasteiger partial charge in [0, 0.05) is 11.6 Å². The van der Waals surface area contributed by atoms with Gasteiger partial charge in [0.05, 0.1) is 5.75 Å². The second-order valence-corrected chi connectivity index (χ2v) is 5.38. The lowest BCUT2D eigenvalue weighted by atomic mass is 10.5. The van der Waals surface area contributed by atoms with E-state index in [0.29, 0.717) is 16.5 Å². The number of carboxylic acid groups (broad SMARTS) is 1. The molecule has 0 amide bonds. The van der Waals surface area contributed by atoms with Crippen LogP contribution in [0.4, 0.5) is 0 Å². The zero-order valence-electron chi connectivity index (χ0n) is 9.42. The number of aromatic nitrogens is 5. The van der Waals surface area contributed by atoms with Crippen LogP contribution in [0.2, 0.25) is 0 Å². The highest BCUT2D eigenvalue weighted by atomic mass is 32.2. The molecule has 19 heavy (non-hydrogen) atoms. The fourth-order valence-electron chi connectivity index (χ4n) is 1.45. The molecular weight excluding hydrogens is 286 g/mol. The third-order valence-corrected chi connectivity index (χ3v) is 3.88. The number of carbonyl (C=O) groups is 1. The first-order valence-electron chi connectivity index (χ1n) is 5.21. The van der Waals surface area contributed by atoms with Gasteiger partial charge in [0.1, 0.15) is 5.03 Å². The van der Waals surface area contributed by atoms with Gasteiger partial charge in [-0.25, -0.2) is 4.98 Å². The van der Waals surface area contributed by atoms with Crippen LogP contribution in [-0.2, 0) is 4.79 Å². The van der Waals surface area contributed by atoms with Crippen LogP contribution < -0.4 is 0 Å². The monoisotopic (exact) mass is 293 g/mol. The highest BCUT2D eigenvalue weighted by Crippen LogP contribution is 2.21. The number of thiazole rings is 1. The Morgan fingerprint density at radius 1 is 1.42 bits per heavy atom. The van der Waals surface area contributed by atoms with Crippen LogP contribution in [0.3, 0.4) is 0 Å². The quantitative estimate of drug-likeness (QED) is 0.727. The molecule has 0 aromatic carbocycles. The number of rotatable bonds is 4. The molecule has 0 spiro atoms. The van der Waals surface area contributed by atoms with Crippen LogP contribution >= 0.6 is 23.1 Å². The van der Waals surface area contributed by atoms with E-state index in [-0.39, 0.29) is 5.75 Å². The molecule has 9 heteroatoms. The Morgan fingerprint density at radius 2 is 2.32 bits per heavy atom. The largest absolute Gasteiger partial charge is 0.481 e. The van der Waals surface area contributed by atoms with Gasteiger partial charge in [-0.15, -0.1) is 21.5 Å². The molecule has 0 bridgehead atoms. The van der Waals surface area contributed by atoms with Crippen LogP contribution in [0.15, 0.2) is 28.7 Å². The minimum absolute atomic E-state index is 0.0345. The van der Waals surface area contributed by atoms with E-state index >= 15 is 0 Å².